The standard InChI is InChI=1S/C31H31N3O7S/c1-31(2,3)17-14-15-20-22(16-17)42-29(23(20)30(37)40-4)32-27(35)24-25(19-12-8-9-13-21(19)34(38)39)33(41-26(24)28(32)36)18-10-6-5-7-11-18/h5-13,17,24-26H,14-16H2,1-4H3/t17-,24-,25-,26-/m0/s1. The highest BCUT2D eigenvalue weighted by molar-refractivity contribution is 7.17. The van der Waals surface area contributed by atoms with E-state index in [0.29, 0.717) is 18.0 Å². The van der Waals surface area contributed by atoms with Gasteiger partial charge in [-0.3, -0.25) is 24.5 Å². The third kappa shape index (κ3) is 4.38. The highest BCUT2D eigenvalue weighted by atomic mass is 32.1. The summed E-state index contributed by atoms with van der Waals surface area (Å²) in [6, 6.07) is 14.1. The number of nitro benzene ring substituents is 1. The number of amides is 2. The number of methoxy groups -OCH3 is 1. The molecule has 4 atom stereocenters. The van der Waals surface area contributed by atoms with Crippen LogP contribution < -0.4 is 9.96 Å². The fourth-order valence-electron chi connectivity index (χ4n) is 6.41. The van der Waals surface area contributed by atoms with Gasteiger partial charge in [-0.1, -0.05) is 51.1 Å². The summed E-state index contributed by atoms with van der Waals surface area (Å²) in [6.45, 7) is 6.56. The zero-order valence-electron chi connectivity index (χ0n) is 23.7. The molecule has 0 spiro atoms. The Kier molecular flexibility index (Phi) is 6.89. The lowest BCUT2D eigenvalue weighted by Crippen LogP contribution is -2.37. The van der Waals surface area contributed by atoms with Crippen LogP contribution in [0.4, 0.5) is 16.4 Å². The zero-order chi connectivity index (χ0) is 29.9. The Hall–Kier alpha value is -4.09. The maximum Gasteiger partial charge on any atom is 0.341 e. The first kappa shape index (κ1) is 28.0. The number of fused-ring (bicyclic) bond motifs is 2. The normalized spacial score (nSPS) is 23.6. The van der Waals surface area contributed by atoms with E-state index in [4.69, 9.17) is 9.57 Å². The van der Waals surface area contributed by atoms with Crippen molar-refractivity contribution in [1.29, 1.82) is 0 Å². The van der Waals surface area contributed by atoms with E-state index in [1.54, 1.807) is 42.5 Å². The van der Waals surface area contributed by atoms with E-state index < -0.39 is 40.8 Å². The number of hydrogen-bond acceptors (Lipinski definition) is 9. The van der Waals surface area contributed by atoms with E-state index in [9.17, 15) is 24.5 Å². The predicted molar refractivity (Wildman–Crippen MR) is 156 cm³/mol. The molecule has 1 aromatic heterocycles. The van der Waals surface area contributed by atoms with Crippen molar-refractivity contribution in [2.75, 3.05) is 17.1 Å². The third-order valence-corrected chi connectivity index (χ3v) is 9.88. The molecule has 2 fully saturated rings. The Labute approximate surface area is 246 Å². The molecule has 42 heavy (non-hydrogen) atoms. The molecule has 0 bridgehead atoms. The molecular formula is C31H31N3O7S. The van der Waals surface area contributed by atoms with E-state index in [2.05, 4.69) is 20.8 Å². The number of carbonyl (C=O) groups is 3. The summed E-state index contributed by atoms with van der Waals surface area (Å²) in [5, 5.41) is 13.7. The van der Waals surface area contributed by atoms with Gasteiger partial charge in [-0.25, -0.2) is 14.8 Å². The van der Waals surface area contributed by atoms with E-state index in [0.717, 1.165) is 28.2 Å². The van der Waals surface area contributed by atoms with Crippen LogP contribution in [0.3, 0.4) is 0 Å². The van der Waals surface area contributed by atoms with Gasteiger partial charge in [0, 0.05) is 10.9 Å². The molecule has 3 aromatic rings. The Morgan fingerprint density at radius 2 is 1.76 bits per heavy atom. The lowest BCUT2D eigenvalue weighted by atomic mass is 9.72. The van der Waals surface area contributed by atoms with Crippen LogP contribution >= 0.6 is 11.3 Å². The van der Waals surface area contributed by atoms with Crippen LogP contribution in [0.25, 0.3) is 0 Å². The lowest BCUT2D eigenvalue weighted by molar-refractivity contribution is -0.385. The molecule has 2 aliphatic heterocycles. The first-order valence-electron chi connectivity index (χ1n) is 13.9. The fourth-order valence-corrected chi connectivity index (χ4v) is 7.84. The van der Waals surface area contributed by atoms with Crippen molar-refractivity contribution in [2.45, 2.75) is 52.2 Å². The molecule has 2 amide bonds. The number of ether oxygens (including phenoxy) is 1. The van der Waals surface area contributed by atoms with Gasteiger partial charge in [0.1, 0.15) is 17.0 Å². The van der Waals surface area contributed by atoms with Crippen molar-refractivity contribution in [3.8, 4) is 0 Å². The molecule has 3 heterocycles. The van der Waals surface area contributed by atoms with Gasteiger partial charge in [0.15, 0.2) is 6.10 Å². The van der Waals surface area contributed by atoms with Crippen LogP contribution in [0.1, 0.15) is 59.6 Å². The summed E-state index contributed by atoms with van der Waals surface area (Å²) < 4.78 is 5.13. The van der Waals surface area contributed by atoms with Gasteiger partial charge in [-0.05, 0) is 54.4 Å². The van der Waals surface area contributed by atoms with Crippen molar-refractivity contribution < 1.29 is 28.9 Å². The Morgan fingerprint density at radius 3 is 2.43 bits per heavy atom. The van der Waals surface area contributed by atoms with Gasteiger partial charge < -0.3 is 4.74 Å². The van der Waals surface area contributed by atoms with Crippen LogP contribution in [0.15, 0.2) is 54.6 Å². The van der Waals surface area contributed by atoms with Crippen molar-refractivity contribution in [3.63, 3.8) is 0 Å². The van der Waals surface area contributed by atoms with Gasteiger partial charge in [-0.15, -0.1) is 11.3 Å². The van der Waals surface area contributed by atoms with Gasteiger partial charge in [-0.2, -0.15) is 0 Å². The lowest BCUT2D eigenvalue weighted by Gasteiger charge is -2.33. The van der Waals surface area contributed by atoms with Gasteiger partial charge in [0.05, 0.1) is 28.8 Å². The minimum Gasteiger partial charge on any atom is -0.465 e. The van der Waals surface area contributed by atoms with Gasteiger partial charge in [0.2, 0.25) is 5.91 Å². The molecule has 2 saturated heterocycles. The van der Waals surface area contributed by atoms with E-state index in [-0.39, 0.29) is 27.2 Å². The smallest absolute Gasteiger partial charge is 0.341 e. The molecule has 0 N–H and O–H groups in total. The molecule has 218 valence electrons. The topological polar surface area (TPSA) is 119 Å². The Balaban J connectivity index is 1.46. The van der Waals surface area contributed by atoms with Crippen molar-refractivity contribution in [1.82, 2.24) is 0 Å². The van der Waals surface area contributed by atoms with Crippen LogP contribution in [0.2, 0.25) is 0 Å². The number of esters is 1. The number of thiophene rings is 1. The van der Waals surface area contributed by atoms with E-state index in [1.165, 1.54) is 29.6 Å². The molecule has 6 rings (SSSR count). The average molecular weight is 590 g/mol. The maximum atomic E-state index is 14.3. The molecule has 1 aliphatic carbocycles. The molecule has 10 nitrogen and oxygen atoms in total. The number of hydrogen-bond donors (Lipinski definition) is 0. The SMILES string of the molecule is COC(=O)c1c(N2C(=O)[C@@H]3[C@H](ON(c4ccccc4)[C@H]3c3ccccc3[N+](=O)[O-])C2=O)sc2c1CC[C@H](C(C)(C)C)C2. The van der Waals surface area contributed by atoms with Crippen LogP contribution in [-0.4, -0.2) is 35.9 Å². The number of benzene rings is 2. The number of carbonyl (C=O) groups excluding carboxylic acids is 3. The van der Waals surface area contributed by atoms with Crippen LogP contribution in [0, 0.1) is 27.4 Å². The summed E-state index contributed by atoms with van der Waals surface area (Å²) in [7, 11) is 1.28. The van der Waals surface area contributed by atoms with Crippen molar-refractivity contribution in [3.05, 3.63) is 86.3 Å². The second-order valence-corrected chi connectivity index (χ2v) is 13.1. The molecule has 11 heteroatoms. The minimum absolute atomic E-state index is 0.0515. The Morgan fingerprint density at radius 1 is 1.07 bits per heavy atom. The molecular weight excluding hydrogens is 558 g/mol. The summed E-state index contributed by atoms with van der Waals surface area (Å²) in [5.41, 5.74) is 1.75. The molecule has 0 radical (unpaired) electrons. The number of para-hydroxylation sites is 2. The summed E-state index contributed by atoms with van der Waals surface area (Å²) in [5.74, 6) is -2.48. The van der Waals surface area contributed by atoms with Gasteiger partial charge in [0.25, 0.3) is 11.6 Å². The van der Waals surface area contributed by atoms with Crippen LogP contribution in [0.5, 0.6) is 0 Å². The average Bonchev–Trinajstić information content (AvgIpc) is 3.62. The van der Waals surface area contributed by atoms with Crippen LogP contribution in [-0.2, 0) is 32.0 Å². The monoisotopic (exact) mass is 589 g/mol. The number of anilines is 2. The summed E-state index contributed by atoms with van der Waals surface area (Å²) in [4.78, 5) is 61.2. The molecule has 0 unspecified atom stereocenters. The number of imide groups is 1. The summed E-state index contributed by atoms with van der Waals surface area (Å²) >= 11 is 1.28. The highest BCUT2D eigenvalue weighted by Gasteiger charge is 2.62. The third-order valence-electron chi connectivity index (χ3n) is 8.64. The van der Waals surface area contributed by atoms with Gasteiger partial charge >= 0.3 is 5.97 Å². The van der Waals surface area contributed by atoms with Crippen molar-refractivity contribution >= 4 is 45.5 Å². The second kappa shape index (κ2) is 10.3. The Bertz CT molecular complexity index is 1600. The zero-order valence-corrected chi connectivity index (χ0v) is 24.6. The number of hydroxylamine groups is 1. The second-order valence-electron chi connectivity index (χ2n) is 12.0. The number of nitrogens with zero attached hydrogens (tertiary/aromatic N) is 3. The number of rotatable bonds is 5. The number of nitro groups is 1. The summed E-state index contributed by atoms with van der Waals surface area (Å²) in [6.07, 6.45) is 1.01. The molecule has 3 aliphatic rings. The minimum atomic E-state index is -1.23. The van der Waals surface area contributed by atoms with Crippen molar-refractivity contribution in [2.24, 2.45) is 17.3 Å². The predicted octanol–water partition coefficient (Wildman–Crippen LogP) is 5.65. The first-order chi connectivity index (χ1) is 20.0. The first-order valence-corrected chi connectivity index (χ1v) is 14.7. The maximum absolute atomic E-state index is 14.3. The molecule has 2 aromatic carbocycles. The van der Waals surface area contributed by atoms with E-state index in [1.807, 2.05) is 6.07 Å². The fraction of sp³-hybridized carbons (Fsp3) is 0.387. The van der Waals surface area contributed by atoms with E-state index >= 15 is 0 Å². The quantitative estimate of drug-likeness (QED) is 0.162. The largest absolute Gasteiger partial charge is 0.465 e. The molecule has 0 saturated carbocycles. The highest BCUT2D eigenvalue weighted by Crippen LogP contribution is 2.52.